The van der Waals surface area contributed by atoms with Crippen LogP contribution in [0.1, 0.15) is 0 Å². The largest absolute Gasteiger partial charge is 0.288 e. The van der Waals surface area contributed by atoms with Crippen LogP contribution in [0.2, 0.25) is 5.02 Å². The van der Waals surface area contributed by atoms with Crippen LogP contribution in [0.25, 0.3) is 10.8 Å². The van der Waals surface area contributed by atoms with Crippen molar-refractivity contribution in [3.8, 4) is 5.75 Å². The molecule has 12 heavy (non-hydrogen) atoms. The zero-order valence-corrected chi connectivity index (χ0v) is 7.01. The molecule has 0 heterocycles. The van der Waals surface area contributed by atoms with Crippen LogP contribution in [-0.2, 0) is 5.11 Å². The molecule has 0 saturated carbocycles. The van der Waals surface area contributed by atoms with Crippen LogP contribution < -0.4 is 0 Å². The van der Waals surface area contributed by atoms with Gasteiger partial charge in [-0.3, -0.25) is 5.11 Å². The van der Waals surface area contributed by atoms with E-state index in [4.69, 9.17) is 11.6 Å². The number of rotatable bonds is 0. The summed E-state index contributed by atoms with van der Waals surface area (Å²) in [5, 5.41) is 13.2. The summed E-state index contributed by atoms with van der Waals surface area (Å²) < 4.78 is 0. The van der Waals surface area contributed by atoms with Gasteiger partial charge in [0, 0.05) is 5.39 Å². The number of benzene rings is 2. The van der Waals surface area contributed by atoms with Gasteiger partial charge in [0.15, 0.2) is 5.75 Å². The molecule has 0 aliphatic heterocycles. The van der Waals surface area contributed by atoms with Crippen molar-refractivity contribution in [1.29, 1.82) is 0 Å². The zero-order valence-electron chi connectivity index (χ0n) is 6.25. The number of fused-ring (bicyclic) bond motifs is 1. The topological polar surface area (TPSA) is 19.9 Å². The minimum atomic E-state index is -0.115. The molecule has 59 valence electrons. The van der Waals surface area contributed by atoms with E-state index < -0.39 is 0 Å². The molecule has 0 saturated heterocycles. The predicted octanol–water partition coefficient (Wildman–Crippen LogP) is 3.64. The molecule has 0 unspecified atom stereocenters. The lowest BCUT2D eigenvalue weighted by molar-refractivity contribution is 0.356. The van der Waals surface area contributed by atoms with Gasteiger partial charge in [-0.1, -0.05) is 41.9 Å². The van der Waals surface area contributed by atoms with E-state index in [2.05, 4.69) is 0 Å². The molecule has 0 amide bonds. The van der Waals surface area contributed by atoms with Crippen LogP contribution in [0.5, 0.6) is 5.75 Å². The Morgan fingerprint density at radius 1 is 1.00 bits per heavy atom. The summed E-state index contributed by atoms with van der Waals surface area (Å²) in [6, 6.07) is 10.8. The molecule has 2 heteroatoms. The molecule has 2 aromatic carbocycles. The Hall–Kier alpha value is -1.21. The first-order valence-electron chi connectivity index (χ1n) is 3.63. The molecule has 2 rings (SSSR count). The van der Waals surface area contributed by atoms with Gasteiger partial charge >= 0.3 is 0 Å². The molecule has 0 aromatic heterocycles. The van der Waals surface area contributed by atoms with E-state index >= 15 is 0 Å². The van der Waals surface area contributed by atoms with Crippen LogP contribution in [0.3, 0.4) is 0 Å². The maximum absolute atomic E-state index is 11.1. The Morgan fingerprint density at radius 2 is 1.75 bits per heavy atom. The highest BCUT2D eigenvalue weighted by atomic mass is 35.5. The zero-order chi connectivity index (χ0) is 8.55. The van der Waals surface area contributed by atoms with Gasteiger partial charge in [-0.25, -0.2) is 0 Å². The predicted molar refractivity (Wildman–Crippen MR) is 49.1 cm³/mol. The average molecular weight is 178 g/mol. The van der Waals surface area contributed by atoms with Crippen molar-refractivity contribution < 1.29 is 5.11 Å². The molecule has 1 radical (unpaired) electrons. The van der Waals surface area contributed by atoms with Gasteiger partial charge in [-0.15, -0.1) is 0 Å². The van der Waals surface area contributed by atoms with Crippen molar-refractivity contribution in [1.82, 2.24) is 0 Å². The Morgan fingerprint density at radius 3 is 2.58 bits per heavy atom. The van der Waals surface area contributed by atoms with Crippen molar-refractivity contribution in [3.05, 3.63) is 41.4 Å². The fourth-order valence-electron chi connectivity index (χ4n) is 1.21. The summed E-state index contributed by atoms with van der Waals surface area (Å²) in [6.07, 6.45) is 0. The summed E-state index contributed by atoms with van der Waals surface area (Å²) in [7, 11) is 0. The first-order valence-corrected chi connectivity index (χ1v) is 4.01. The first-order chi connectivity index (χ1) is 5.79. The van der Waals surface area contributed by atoms with Crippen molar-refractivity contribution in [3.63, 3.8) is 0 Å². The lowest BCUT2D eigenvalue weighted by Crippen LogP contribution is -1.73. The average Bonchev–Trinajstić information content (AvgIpc) is 2.12. The van der Waals surface area contributed by atoms with Crippen LogP contribution in [-0.4, -0.2) is 0 Å². The molecule has 0 fully saturated rings. The molecule has 0 spiro atoms. The summed E-state index contributed by atoms with van der Waals surface area (Å²) in [6.45, 7) is 0. The van der Waals surface area contributed by atoms with E-state index in [0.717, 1.165) is 10.8 Å². The van der Waals surface area contributed by atoms with E-state index in [-0.39, 0.29) is 5.75 Å². The van der Waals surface area contributed by atoms with Crippen molar-refractivity contribution >= 4 is 22.4 Å². The van der Waals surface area contributed by atoms with Gasteiger partial charge < -0.3 is 0 Å². The van der Waals surface area contributed by atoms with Gasteiger partial charge in [0.1, 0.15) is 0 Å². The van der Waals surface area contributed by atoms with Crippen LogP contribution >= 0.6 is 11.6 Å². The quantitative estimate of drug-likeness (QED) is 0.586. The summed E-state index contributed by atoms with van der Waals surface area (Å²) >= 11 is 5.81. The third kappa shape index (κ3) is 1.03. The van der Waals surface area contributed by atoms with Gasteiger partial charge in [-0.05, 0) is 11.5 Å². The number of hydrogen-bond donors (Lipinski definition) is 0. The van der Waals surface area contributed by atoms with E-state index in [1.54, 1.807) is 6.07 Å². The Kier molecular flexibility index (Phi) is 1.66. The van der Waals surface area contributed by atoms with Crippen molar-refractivity contribution in [2.45, 2.75) is 0 Å². The third-order valence-corrected chi connectivity index (χ3v) is 2.22. The second-order valence-corrected chi connectivity index (χ2v) is 2.98. The van der Waals surface area contributed by atoms with Gasteiger partial charge in [-0.2, -0.15) is 0 Å². The molecule has 0 bridgehead atoms. The molecule has 0 atom stereocenters. The monoisotopic (exact) mass is 177 g/mol. The molecule has 0 aliphatic rings. The highest BCUT2D eigenvalue weighted by molar-refractivity contribution is 6.36. The normalized spacial score (nSPS) is 10.4. The molecule has 0 N–H and O–H groups in total. The Bertz CT molecular complexity index is 423. The first kappa shape index (κ1) is 7.44. The van der Waals surface area contributed by atoms with Gasteiger partial charge in [0.2, 0.25) is 0 Å². The van der Waals surface area contributed by atoms with E-state index in [9.17, 15) is 5.11 Å². The molecule has 2 aromatic rings. The summed E-state index contributed by atoms with van der Waals surface area (Å²) in [5.74, 6) is -0.115. The van der Waals surface area contributed by atoms with Gasteiger partial charge in [0.25, 0.3) is 0 Å². The fourth-order valence-corrected chi connectivity index (χ4v) is 1.45. The van der Waals surface area contributed by atoms with E-state index in [1.807, 2.05) is 24.3 Å². The third-order valence-electron chi connectivity index (χ3n) is 1.83. The second-order valence-electron chi connectivity index (χ2n) is 2.60. The highest BCUT2D eigenvalue weighted by Crippen LogP contribution is 2.31. The fraction of sp³-hybridized carbons (Fsp3) is 0. The minimum Gasteiger partial charge on any atom is -0.288 e. The summed E-state index contributed by atoms with van der Waals surface area (Å²) in [5.41, 5.74) is 0. The molecular weight excluding hydrogens is 172 g/mol. The lowest BCUT2D eigenvalue weighted by atomic mass is 10.1. The maximum Gasteiger partial charge on any atom is 0.197 e. The lowest BCUT2D eigenvalue weighted by Gasteiger charge is -1.99. The van der Waals surface area contributed by atoms with E-state index in [1.165, 1.54) is 6.07 Å². The molecule has 0 aliphatic carbocycles. The molecular formula is C10H6ClO. The SMILES string of the molecule is [O]c1ccc2ccccc2c1Cl. The van der Waals surface area contributed by atoms with Crippen LogP contribution in [0, 0.1) is 0 Å². The Labute approximate surface area is 75.2 Å². The van der Waals surface area contributed by atoms with Gasteiger partial charge in [0.05, 0.1) is 5.02 Å². The smallest absolute Gasteiger partial charge is 0.197 e. The van der Waals surface area contributed by atoms with Crippen molar-refractivity contribution in [2.75, 3.05) is 0 Å². The highest BCUT2D eigenvalue weighted by Gasteiger charge is 2.03. The van der Waals surface area contributed by atoms with Crippen LogP contribution in [0.4, 0.5) is 0 Å². The summed E-state index contributed by atoms with van der Waals surface area (Å²) in [4.78, 5) is 0. The van der Waals surface area contributed by atoms with E-state index in [0.29, 0.717) is 5.02 Å². The van der Waals surface area contributed by atoms with Crippen molar-refractivity contribution in [2.24, 2.45) is 0 Å². The van der Waals surface area contributed by atoms with Crippen LogP contribution in [0.15, 0.2) is 36.4 Å². The molecule has 1 nitrogen and oxygen atoms in total. The standard InChI is InChI=1S/C10H6ClO/c11-10-8-4-2-1-3-7(8)5-6-9(10)12/h1-6H. The number of hydrogen-bond acceptors (Lipinski definition) is 0. The maximum atomic E-state index is 11.1. The second kappa shape index (κ2) is 2.68. The number of halogens is 1. The minimum absolute atomic E-state index is 0.115. The Balaban J connectivity index is 2.91.